The Hall–Kier alpha value is -1.81. The molecule has 1 heterocycles. The number of benzene rings is 1. The topological polar surface area (TPSA) is 53.1 Å². The Kier molecular flexibility index (Phi) is 4.22. The maximum Gasteiger partial charge on any atom is 0.123 e. The molecule has 1 aromatic heterocycles. The Morgan fingerprint density at radius 1 is 1.42 bits per heavy atom. The van der Waals surface area contributed by atoms with Crippen LogP contribution in [0.2, 0.25) is 0 Å². The number of nitrogens with two attached hydrogens (primary N) is 1. The van der Waals surface area contributed by atoms with Crippen LogP contribution in [0, 0.1) is 6.92 Å². The molecule has 0 radical (unpaired) electrons. The summed E-state index contributed by atoms with van der Waals surface area (Å²) >= 11 is 0. The number of aryl methyl sites for hydroxylation is 1. The first-order valence-electron chi connectivity index (χ1n) is 6.55. The van der Waals surface area contributed by atoms with Crippen molar-refractivity contribution in [3.63, 3.8) is 0 Å². The monoisotopic (exact) mass is 259 g/mol. The lowest BCUT2D eigenvalue weighted by atomic mass is 10.1. The average Bonchev–Trinajstić information content (AvgIpc) is 2.86. The van der Waals surface area contributed by atoms with E-state index in [1.807, 2.05) is 29.2 Å². The highest BCUT2D eigenvalue weighted by atomic mass is 16.5. The van der Waals surface area contributed by atoms with Crippen molar-refractivity contribution in [1.29, 1.82) is 0 Å². The molecular formula is C15H21N3O. The molecule has 0 aliphatic rings. The quantitative estimate of drug-likeness (QED) is 0.898. The molecule has 1 unspecified atom stereocenters. The standard InChI is InChI=1S/C15H21N3O/c1-4-14(16)13-8-17-18(10-13)9-12-7-11(2)5-6-15(12)19-3/h5-8,10,14H,4,9,16H2,1-3H3. The van der Waals surface area contributed by atoms with Crippen LogP contribution in [-0.2, 0) is 6.54 Å². The van der Waals surface area contributed by atoms with Crippen molar-refractivity contribution in [3.05, 3.63) is 47.3 Å². The molecule has 1 atom stereocenters. The lowest BCUT2D eigenvalue weighted by Gasteiger charge is -2.09. The van der Waals surface area contributed by atoms with Gasteiger partial charge in [-0.2, -0.15) is 5.10 Å². The van der Waals surface area contributed by atoms with E-state index in [1.54, 1.807) is 7.11 Å². The van der Waals surface area contributed by atoms with Crippen LogP contribution in [0.1, 0.15) is 36.1 Å². The van der Waals surface area contributed by atoms with Gasteiger partial charge in [0, 0.05) is 23.4 Å². The summed E-state index contributed by atoms with van der Waals surface area (Å²) in [6.45, 7) is 4.84. The molecule has 0 amide bonds. The molecule has 0 fully saturated rings. The highest BCUT2D eigenvalue weighted by Gasteiger charge is 2.08. The molecule has 1 aromatic carbocycles. The summed E-state index contributed by atoms with van der Waals surface area (Å²) in [6.07, 6.45) is 4.77. The Morgan fingerprint density at radius 3 is 2.89 bits per heavy atom. The molecule has 2 rings (SSSR count). The van der Waals surface area contributed by atoms with Crippen LogP contribution in [0.25, 0.3) is 0 Å². The van der Waals surface area contributed by atoms with Crippen LogP contribution in [0.4, 0.5) is 0 Å². The van der Waals surface area contributed by atoms with Crippen LogP contribution in [0.15, 0.2) is 30.6 Å². The number of nitrogens with zero attached hydrogens (tertiary/aromatic N) is 2. The van der Waals surface area contributed by atoms with Gasteiger partial charge in [0.2, 0.25) is 0 Å². The summed E-state index contributed by atoms with van der Waals surface area (Å²) in [4.78, 5) is 0. The summed E-state index contributed by atoms with van der Waals surface area (Å²) < 4.78 is 7.29. The fourth-order valence-corrected chi connectivity index (χ4v) is 2.10. The van der Waals surface area contributed by atoms with E-state index in [-0.39, 0.29) is 6.04 Å². The van der Waals surface area contributed by atoms with E-state index >= 15 is 0 Å². The van der Waals surface area contributed by atoms with E-state index in [0.29, 0.717) is 6.54 Å². The molecular weight excluding hydrogens is 238 g/mol. The number of hydrogen-bond acceptors (Lipinski definition) is 3. The number of rotatable bonds is 5. The van der Waals surface area contributed by atoms with Gasteiger partial charge in [-0.25, -0.2) is 0 Å². The predicted octanol–water partition coefficient (Wildman–Crippen LogP) is 2.66. The van der Waals surface area contributed by atoms with E-state index in [4.69, 9.17) is 10.5 Å². The molecule has 0 spiro atoms. The predicted molar refractivity (Wildman–Crippen MR) is 76.3 cm³/mol. The van der Waals surface area contributed by atoms with Crippen LogP contribution in [-0.4, -0.2) is 16.9 Å². The third kappa shape index (κ3) is 3.15. The highest BCUT2D eigenvalue weighted by molar-refractivity contribution is 5.37. The molecule has 0 bridgehead atoms. The van der Waals surface area contributed by atoms with Crippen molar-refractivity contribution in [2.24, 2.45) is 5.73 Å². The third-order valence-corrected chi connectivity index (χ3v) is 3.29. The zero-order valence-electron chi connectivity index (χ0n) is 11.8. The summed E-state index contributed by atoms with van der Waals surface area (Å²) in [5.41, 5.74) is 9.42. The van der Waals surface area contributed by atoms with E-state index in [2.05, 4.69) is 25.0 Å². The Balaban J connectivity index is 2.21. The van der Waals surface area contributed by atoms with Crippen molar-refractivity contribution < 1.29 is 4.74 Å². The zero-order valence-corrected chi connectivity index (χ0v) is 11.8. The maximum atomic E-state index is 6.00. The van der Waals surface area contributed by atoms with Crippen molar-refractivity contribution >= 4 is 0 Å². The zero-order chi connectivity index (χ0) is 13.8. The first-order chi connectivity index (χ1) is 9.13. The van der Waals surface area contributed by atoms with Crippen LogP contribution in [0.5, 0.6) is 5.75 Å². The van der Waals surface area contributed by atoms with Crippen LogP contribution < -0.4 is 10.5 Å². The molecule has 2 aromatic rings. The summed E-state index contributed by atoms with van der Waals surface area (Å²) in [5, 5.41) is 4.37. The minimum absolute atomic E-state index is 0.0631. The second-order valence-electron chi connectivity index (χ2n) is 4.80. The smallest absolute Gasteiger partial charge is 0.123 e. The van der Waals surface area contributed by atoms with Crippen molar-refractivity contribution in [1.82, 2.24) is 9.78 Å². The first kappa shape index (κ1) is 13.6. The van der Waals surface area contributed by atoms with Crippen LogP contribution in [0.3, 0.4) is 0 Å². The van der Waals surface area contributed by atoms with Gasteiger partial charge < -0.3 is 10.5 Å². The van der Waals surface area contributed by atoms with Crippen molar-refractivity contribution in [3.8, 4) is 5.75 Å². The molecule has 102 valence electrons. The maximum absolute atomic E-state index is 6.00. The summed E-state index contributed by atoms with van der Waals surface area (Å²) in [6, 6.07) is 6.23. The largest absolute Gasteiger partial charge is 0.496 e. The van der Waals surface area contributed by atoms with Gasteiger partial charge in [-0.05, 0) is 19.4 Å². The van der Waals surface area contributed by atoms with Crippen molar-refractivity contribution in [2.45, 2.75) is 32.9 Å². The Morgan fingerprint density at radius 2 is 2.21 bits per heavy atom. The number of methoxy groups -OCH3 is 1. The molecule has 0 saturated carbocycles. The first-order valence-corrected chi connectivity index (χ1v) is 6.55. The fraction of sp³-hybridized carbons (Fsp3) is 0.400. The molecule has 2 N–H and O–H groups in total. The number of ether oxygens (including phenoxy) is 1. The lowest BCUT2D eigenvalue weighted by molar-refractivity contribution is 0.407. The Bertz CT molecular complexity index is 548. The molecule has 19 heavy (non-hydrogen) atoms. The lowest BCUT2D eigenvalue weighted by Crippen LogP contribution is -2.07. The van der Waals surface area contributed by atoms with Gasteiger partial charge in [0.1, 0.15) is 5.75 Å². The molecule has 0 aliphatic carbocycles. The molecule has 4 nitrogen and oxygen atoms in total. The molecule has 0 saturated heterocycles. The van der Waals surface area contributed by atoms with Gasteiger partial charge >= 0.3 is 0 Å². The summed E-state index contributed by atoms with van der Waals surface area (Å²) in [7, 11) is 1.69. The number of aromatic nitrogens is 2. The van der Waals surface area contributed by atoms with Gasteiger partial charge in [-0.15, -0.1) is 0 Å². The van der Waals surface area contributed by atoms with Gasteiger partial charge in [-0.1, -0.05) is 24.6 Å². The van der Waals surface area contributed by atoms with E-state index < -0.39 is 0 Å². The average molecular weight is 259 g/mol. The Labute approximate surface area is 114 Å². The SMILES string of the molecule is CCC(N)c1cnn(Cc2cc(C)ccc2OC)c1. The van der Waals surface area contributed by atoms with Crippen LogP contribution >= 0.6 is 0 Å². The van der Waals surface area contributed by atoms with Gasteiger partial charge in [0.25, 0.3) is 0 Å². The molecule has 4 heteroatoms. The fourth-order valence-electron chi connectivity index (χ4n) is 2.10. The highest BCUT2D eigenvalue weighted by Crippen LogP contribution is 2.21. The second-order valence-corrected chi connectivity index (χ2v) is 4.80. The minimum atomic E-state index is 0.0631. The minimum Gasteiger partial charge on any atom is -0.496 e. The number of hydrogen-bond donors (Lipinski definition) is 1. The van der Waals surface area contributed by atoms with E-state index in [9.17, 15) is 0 Å². The van der Waals surface area contributed by atoms with E-state index in [0.717, 1.165) is 23.3 Å². The molecule has 0 aliphatic heterocycles. The summed E-state index contributed by atoms with van der Waals surface area (Å²) in [5.74, 6) is 0.891. The van der Waals surface area contributed by atoms with Gasteiger partial charge in [0.05, 0.1) is 19.9 Å². The van der Waals surface area contributed by atoms with Crippen molar-refractivity contribution in [2.75, 3.05) is 7.11 Å². The van der Waals surface area contributed by atoms with Gasteiger partial charge in [-0.3, -0.25) is 4.68 Å². The van der Waals surface area contributed by atoms with Gasteiger partial charge in [0.15, 0.2) is 0 Å². The second kappa shape index (κ2) is 5.89. The van der Waals surface area contributed by atoms with E-state index in [1.165, 1.54) is 5.56 Å². The normalized spacial score (nSPS) is 12.4. The third-order valence-electron chi connectivity index (χ3n) is 3.29.